The van der Waals surface area contributed by atoms with Crippen LogP contribution < -0.4 is 15.4 Å². The minimum absolute atomic E-state index is 0.0429. The smallest absolute Gasteiger partial charge is 0.325 e. The molecule has 0 unspecified atom stereocenters. The molecule has 22 heavy (non-hydrogen) atoms. The van der Waals surface area contributed by atoms with Crippen LogP contribution in [0.1, 0.15) is 20.3 Å². The van der Waals surface area contributed by atoms with Crippen molar-refractivity contribution in [3.63, 3.8) is 0 Å². The van der Waals surface area contributed by atoms with Gasteiger partial charge in [0.05, 0.1) is 7.11 Å². The third-order valence-electron chi connectivity index (χ3n) is 3.38. The van der Waals surface area contributed by atoms with E-state index in [0.717, 1.165) is 4.90 Å². The standard InChI is InChI=1S/C15H19N3O4/c1-15(2)13(20)18(14(21)17-15)9-8-12(19)16-10-4-6-11(22-3)7-5-10/h4-7H,8-9H2,1-3H3,(H,16,19)(H,17,21). The van der Waals surface area contributed by atoms with Crippen molar-refractivity contribution >= 4 is 23.5 Å². The topological polar surface area (TPSA) is 87.7 Å². The van der Waals surface area contributed by atoms with Gasteiger partial charge in [0.1, 0.15) is 11.3 Å². The maximum absolute atomic E-state index is 12.0. The van der Waals surface area contributed by atoms with Gasteiger partial charge in [-0.1, -0.05) is 0 Å². The molecule has 2 rings (SSSR count). The summed E-state index contributed by atoms with van der Waals surface area (Å²) >= 11 is 0. The molecule has 118 valence electrons. The van der Waals surface area contributed by atoms with Crippen molar-refractivity contribution in [1.82, 2.24) is 10.2 Å². The van der Waals surface area contributed by atoms with Crippen LogP contribution >= 0.6 is 0 Å². The van der Waals surface area contributed by atoms with Gasteiger partial charge in [-0.15, -0.1) is 0 Å². The van der Waals surface area contributed by atoms with E-state index in [1.54, 1.807) is 45.2 Å². The summed E-state index contributed by atoms with van der Waals surface area (Å²) in [6, 6.07) is 6.43. The number of imide groups is 1. The van der Waals surface area contributed by atoms with E-state index in [1.165, 1.54) is 0 Å². The molecule has 0 aromatic heterocycles. The fourth-order valence-corrected chi connectivity index (χ4v) is 2.13. The van der Waals surface area contributed by atoms with Crippen LogP contribution in [-0.4, -0.2) is 41.9 Å². The average molecular weight is 305 g/mol. The lowest BCUT2D eigenvalue weighted by Crippen LogP contribution is -2.40. The maximum atomic E-state index is 12.0. The number of rotatable bonds is 5. The van der Waals surface area contributed by atoms with E-state index in [4.69, 9.17) is 4.74 Å². The third kappa shape index (κ3) is 3.36. The Balaban J connectivity index is 1.87. The number of amides is 4. The van der Waals surface area contributed by atoms with Gasteiger partial charge in [0, 0.05) is 18.7 Å². The summed E-state index contributed by atoms with van der Waals surface area (Å²) < 4.78 is 5.03. The molecule has 1 aliphatic rings. The molecule has 4 amide bonds. The van der Waals surface area contributed by atoms with Crippen molar-refractivity contribution in [2.45, 2.75) is 25.8 Å². The number of methoxy groups -OCH3 is 1. The van der Waals surface area contributed by atoms with Crippen LogP contribution in [0, 0.1) is 0 Å². The fourth-order valence-electron chi connectivity index (χ4n) is 2.13. The van der Waals surface area contributed by atoms with Gasteiger partial charge in [0.15, 0.2) is 0 Å². The molecule has 2 N–H and O–H groups in total. The van der Waals surface area contributed by atoms with Gasteiger partial charge in [-0.05, 0) is 38.1 Å². The molecule has 0 spiro atoms. The summed E-state index contributed by atoms with van der Waals surface area (Å²) in [4.78, 5) is 36.6. The number of carbonyl (C=O) groups excluding carboxylic acids is 3. The van der Waals surface area contributed by atoms with Gasteiger partial charge >= 0.3 is 6.03 Å². The van der Waals surface area contributed by atoms with Crippen LogP contribution in [0.4, 0.5) is 10.5 Å². The number of anilines is 1. The number of ether oxygens (including phenoxy) is 1. The zero-order chi connectivity index (χ0) is 16.3. The normalized spacial score (nSPS) is 16.4. The highest BCUT2D eigenvalue weighted by Crippen LogP contribution is 2.18. The number of benzene rings is 1. The minimum Gasteiger partial charge on any atom is -0.497 e. The Kier molecular flexibility index (Phi) is 4.35. The van der Waals surface area contributed by atoms with E-state index in [2.05, 4.69) is 10.6 Å². The predicted octanol–water partition coefficient (Wildman–Crippen LogP) is 1.35. The molecule has 1 fully saturated rings. The number of hydrogen-bond donors (Lipinski definition) is 2. The fraction of sp³-hybridized carbons (Fsp3) is 0.400. The molecule has 0 atom stereocenters. The Hall–Kier alpha value is -2.57. The molecule has 7 nitrogen and oxygen atoms in total. The van der Waals surface area contributed by atoms with Crippen LogP contribution in [0.15, 0.2) is 24.3 Å². The zero-order valence-corrected chi connectivity index (χ0v) is 12.8. The lowest BCUT2D eigenvalue weighted by atomic mass is 10.1. The summed E-state index contributed by atoms with van der Waals surface area (Å²) in [5, 5.41) is 5.27. The highest BCUT2D eigenvalue weighted by atomic mass is 16.5. The van der Waals surface area contributed by atoms with Crippen molar-refractivity contribution in [2.75, 3.05) is 19.0 Å². The SMILES string of the molecule is COc1ccc(NC(=O)CCN2C(=O)NC(C)(C)C2=O)cc1. The Morgan fingerprint density at radius 3 is 2.41 bits per heavy atom. The zero-order valence-electron chi connectivity index (χ0n) is 12.8. The lowest BCUT2D eigenvalue weighted by Gasteiger charge is -2.15. The lowest BCUT2D eigenvalue weighted by molar-refractivity contribution is -0.130. The van der Waals surface area contributed by atoms with Crippen LogP contribution in [0.3, 0.4) is 0 Å². The first-order chi connectivity index (χ1) is 10.3. The first kappa shape index (κ1) is 15.8. The van der Waals surface area contributed by atoms with Crippen molar-refractivity contribution in [2.24, 2.45) is 0 Å². The maximum Gasteiger partial charge on any atom is 0.325 e. The second kappa shape index (κ2) is 6.05. The molecular weight excluding hydrogens is 286 g/mol. The molecule has 1 aromatic carbocycles. The first-order valence-electron chi connectivity index (χ1n) is 6.91. The molecular formula is C15H19N3O4. The molecule has 1 saturated heterocycles. The average Bonchev–Trinajstić information content (AvgIpc) is 2.66. The summed E-state index contributed by atoms with van der Waals surface area (Å²) in [5.41, 5.74) is -0.285. The second-order valence-corrected chi connectivity index (χ2v) is 5.54. The minimum atomic E-state index is -0.913. The number of urea groups is 1. The Labute approximate surface area is 128 Å². The van der Waals surface area contributed by atoms with Crippen LogP contribution in [-0.2, 0) is 9.59 Å². The van der Waals surface area contributed by atoms with Gasteiger partial charge in [0.25, 0.3) is 5.91 Å². The Bertz CT molecular complexity index is 595. The van der Waals surface area contributed by atoms with E-state index >= 15 is 0 Å². The summed E-state index contributed by atoms with van der Waals surface area (Å²) in [6.07, 6.45) is 0.0429. The second-order valence-electron chi connectivity index (χ2n) is 5.54. The Morgan fingerprint density at radius 2 is 1.91 bits per heavy atom. The number of nitrogens with zero attached hydrogens (tertiary/aromatic N) is 1. The highest BCUT2D eigenvalue weighted by molar-refractivity contribution is 6.06. The molecule has 1 heterocycles. The number of hydrogen-bond acceptors (Lipinski definition) is 4. The van der Waals surface area contributed by atoms with E-state index in [-0.39, 0.29) is 24.8 Å². The molecule has 0 bridgehead atoms. The summed E-state index contributed by atoms with van der Waals surface area (Å²) in [7, 11) is 1.56. The molecule has 0 radical (unpaired) electrons. The summed E-state index contributed by atoms with van der Waals surface area (Å²) in [6.45, 7) is 3.31. The molecule has 7 heteroatoms. The van der Waals surface area contributed by atoms with Gasteiger partial charge in [-0.2, -0.15) is 0 Å². The largest absolute Gasteiger partial charge is 0.497 e. The van der Waals surface area contributed by atoms with Crippen molar-refractivity contribution in [1.29, 1.82) is 0 Å². The first-order valence-corrected chi connectivity index (χ1v) is 6.91. The van der Waals surface area contributed by atoms with Gasteiger partial charge in [0.2, 0.25) is 5.91 Å². The highest BCUT2D eigenvalue weighted by Gasteiger charge is 2.43. The summed E-state index contributed by atoms with van der Waals surface area (Å²) in [5.74, 6) is 0.102. The van der Waals surface area contributed by atoms with Crippen molar-refractivity contribution in [3.8, 4) is 5.75 Å². The quantitative estimate of drug-likeness (QED) is 0.804. The number of nitrogens with one attached hydrogen (secondary N) is 2. The van der Waals surface area contributed by atoms with Crippen LogP contribution in [0.2, 0.25) is 0 Å². The van der Waals surface area contributed by atoms with E-state index in [9.17, 15) is 14.4 Å². The van der Waals surface area contributed by atoms with Gasteiger partial charge < -0.3 is 15.4 Å². The molecule has 1 aromatic rings. The van der Waals surface area contributed by atoms with E-state index in [0.29, 0.717) is 11.4 Å². The van der Waals surface area contributed by atoms with Crippen molar-refractivity contribution < 1.29 is 19.1 Å². The molecule has 0 saturated carbocycles. The third-order valence-corrected chi connectivity index (χ3v) is 3.38. The van der Waals surface area contributed by atoms with Gasteiger partial charge in [-0.25, -0.2) is 4.79 Å². The van der Waals surface area contributed by atoms with Crippen molar-refractivity contribution in [3.05, 3.63) is 24.3 Å². The number of carbonyl (C=O) groups is 3. The van der Waals surface area contributed by atoms with E-state index in [1.807, 2.05) is 0 Å². The Morgan fingerprint density at radius 1 is 1.27 bits per heavy atom. The monoisotopic (exact) mass is 305 g/mol. The molecule has 1 aliphatic heterocycles. The van der Waals surface area contributed by atoms with Crippen LogP contribution in [0.25, 0.3) is 0 Å². The molecule has 0 aliphatic carbocycles. The van der Waals surface area contributed by atoms with Gasteiger partial charge in [-0.3, -0.25) is 14.5 Å². The van der Waals surface area contributed by atoms with Crippen LogP contribution in [0.5, 0.6) is 5.75 Å². The van der Waals surface area contributed by atoms with E-state index < -0.39 is 11.6 Å². The predicted molar refractivity (Wildman–Crippen MR) is 80.6 cm³/mol.